The highest BCUT2D eigenvalue weighted by Crippen LogP contribution is 2.32. The number of hydrogen-bond acceptors (Lipinski definition) is 4. The summed E-state index contributed by atoms with van der Waals surface area (Å²) in [5, 5.41) is 0.562. The van der Waals surface area contributed by atoms with E-state index in [0.717, 1.165) is 14.9 Å². The molecule has 0 fully saturated rings. The van der Waals surface area contributed by atoms with Crippen LogP contribution in [0, 0.1) is 0 Å². The molecule has 1 heterocycles. The standard InChI is InChI=1S/C12H12BrN3OS/c1-7(14)9-6-8(13)2-3-10(9)18-12-15-5-4-11(17)16-12/h2-7H,14H2,1H3,(H,15,16,17). The molecule has 0 aliphatic carbocycles. The summed E-state index contributed by atoms with van der Waals surface area (Å²) >= 11 is 4.82. The Balaban J connectivity index is 2.37. The van der Waals surface area contributed by atoms with E-state index in [-0.39, 0.29) is 11.6 Å². The molecule has 0 saturated carbocycles. The average Bonchev–Trinajstić information content (AvgIpc) is 2.31. The smallest absolute Gasteiger partial charge is 0.251 e. The van der Waals surface area contributed by atoms with E-state index in [1.165, 1.54) is 24.0 Å². The number of hydrogen-bond donors (Lipinski definition) is 2. The number of rotatable bonds is 3. The second-order valence-corrected chi connectivity index (χ2v) is 5.76. The first-order valence-electron chi connectivity index (χ1n) is 5.34. The number of aromatic nitrogens is 2. The Labute approximate surface area is 117 Å². The molecule has 2 rings (SSSR count). The fourth-order valence-electron chi connectivity index (χ4n) is 1.48. The van der Waals surface area contributed by atoms with Crippen molar-refractivity contribution < 1.29 is 0 Å². The number of nitrogens with two attached hydrogens (primary N) is 1. The fraction of sp³-hybridized carbons (Fsp3) is 0.167. The third-order valence-electron chi connectivity index (χ3n) is 2.32. The van der Waals surface area contributed by atoms with Crippen molar-refractivity contribution in [2.75, 3.05) is 0 Å². The first-order chi connectivity index (χ1) is 8.56. The number of aromatic amines is 1. The molecule has 1 aromatic carbocycles. The third kappa shape index (κ3) is 3.22. The molecule has 18 heavy (non-hydrogen) atoms. The Morgan fingerprint density at radius 1 is 1.44 bits per heavy atom. The Morgan fingerprint density at radius 2 is 2.22 bits per heavy atom. The second kappa shape index (κ2) is 5.69. The van der Waals surface area contributed by atoms with Crippen LogP contribution >= 0.6 is 27.7 Å². The van der Waals surface area contributed by atoms with Crippen LogP contribution in [0.4, 0.5) is 0 Å². The largest absolute Gasteiger partial charge is 0.324 e. The van der Waals surface area contributed by atoms with E-state index >= 15 is 0 Å². The van der Waals surface area contributed by atoms with Crippen LogP contribution < -0.4 is 11.3 Å². The number of H-pyrrole nitrogens is 1. The second-order valence-electron chi connectivity index (χ2n) is 3.81. The Hall–Kier alpha value is -1.11. The molecule has 0 bridgehead atoms. The summed E-state index contributed by atoms with van der Waals surface area (Å²) in [6.45, 7) is 1.92. The van der Waals surface area contributed by atoms with Crippen LogP contribution in [0.15, 0.2) is 49.8 Å². The van der Waals surface area contributed by atoms with Crippen molar-refractivity contribution in [3.8, 4) is 0 Å². The minimum absolute atomic E-state index is 0.0829. The lowest BCUT2D eigenvalue weighted by molar-refractivity contribution is 0.795. The van der Waals surface area contributed by atoms with Gasteiger partial charge in [0.1, 0.15) is 0 Å². The van der Waals surface area contributed by atoms with E-state index in [0.29, 0.717) is 5.16 Å². The minimum atomic E-state index is -0.160. The van der Waals surface area contributed by atoms with Crippen molar-refractivity contribution in [2.45, 2.75) is 23.0 Å². The van der Waals surface area contributed by atoms with Gasteiger partial charge >= 0.3 is 0 Å². The van der Waals surface area contributed by atoms with E-state index in [1.54, 1.807) is 0 Å². The monoisotopic (exact) mass is 325 g/mol. The van der Waals surface area contributed by atoms with Gasteiger partial charge in [-0.3, -0.25) is 4.79 Å². The number of nitrogens with one attached hydrogen (secondary N) is 1. The molecule has 4 nitrogen and oxygen atoms in total. The van der Waals surface area contributed by atoms with Gasteiger partial charge < -0.3 is 10.7 Å². The zero-order valence-electron chi connectivity index (χ0n) is 9.68. The summed E-state index contributed by atoms with van der Waals surface area (Å²) in [6.07, 6.45) is 1.49. The Morgan fingerprint density at radius 3 is 2.89 bits per heavy atom. The molecule has 0 aliphatic heterocycles. The lowest BCUT2D eigenvalue weighted by atomic mass is 10.1. The van der Waals surface area contributed by atoms with Gasteiger partial charge in [0.05, 0.1) is 0 Å². The summed E-state index contributed by atoms with van der Waals surface area (Å²) in [7, 11) is 0. The van der Waals surface area contributed by atoms with Crippen molar-refractivity contribution in [1.29, 1.82) is 0 Å². The van der Waals surface area contributed by atoms with E-state index in [2.05, 4.69) is 25.9 Å². The topological polar surface area (TPSA) is 71.8 Å². The van der Waals surface area contributed by atoms with Crippen LogP contribution in [0.25, 0.3) is 0 Å². The van der Waals surface area contributed by atoms with Crippen molar-refractivity contribution in [3.63, 3.8) is 0 Å². The molecule has 1 unspecified atom stereocenters. The van der Waals surface area contributed by atoms with E-state index in [4.69, 9.17) is 5.73 Å². The zero-order valence-corrected chi connectivity index (χ0v) is 12.1. The van der Waals surface area contributed by atoms with Crippen LogP contribution in [0.5, 0.6) is 0 Å². The van der Waals surface area contributed by atoms with Gasteiger partial charge in [-0.15, -0.1) is 0 Å². The summed E-state index contributed by atoms with van der Waals surface area (Å²) in [4.78, 5) is 19.0. The predicted octanol–water partition coefficient (Wildman–Crippen LogP) is 2.70. The molecule has 1 aromatic heterocycles. The number of benzene rings is 1. The maximum Gasteiger partial charge on any atom is 0.251 e. The van der Waals surface area contributed by atoms with Gasteiger partial charge in [-0.1, -0.05) is 27.7 Å². The highest BCUT2D eigenvalue weighted by atomic mass is 79.9. The van der Waals surface area contributed by atoms with E-state index < -0.39 is 0 Å². The molecule has 0 aliphatic rings. The van der Waals surface area contributed by atoms with Crippen molar-refractivity contribution in [3.05, 3.63) is 50.9 Å². The Bertz CT molecular complexity index is 612. The van der Waals surface area contributed by atoms with Crippen LogP contribution in [0.3, 0.4) is 0 Å². The van der Waals surface area contributed by atoms with Crippen LogP contribution in [0.2, 0.25) is 0 Å². The van der Waals surface area contributed by atoms with Gasteiger partial charge in [0, 0.05) is 27.7 Å². The summed E-state index contributed by atoms with van der Waals surface area (Å²) in [5.74, 6) is 0. The molecule has 6 heteroatoms. The lowest BCUT2D eigenvalue weighted by Gasteiger charge is -2.12. The molecule has 94 valence electrons. The molecule has 0 spiro atoms. The maximum atomic E-state index is 11.2. The molecular weight excluding hydrogens is 314 g/mol. The van der Waals surface area contributed by atoms with Crippen LogP contribution in [0.1, 0.15) is 18.5 Å². The SMILES string of the molecule is CC(N)c1cc(Br)ccc1Sc1nccc(=O)[nH]1. The van der Waals surface area contributed by atoms with Gasteiger partial charge in [-0.05, 0) is 30.7 Å². The molecule has 0 amide bonds. The number of halogens is 1. The normalized spacial score (nSPS) is 12.4. The number of nitrogens with zero attached hydrogens (tertiary/aromatic N) is 1. The van der Waals surface area contributed by atoms with E-state index in [1.807, 2.05) is 25.1 Å². The maximum absolute atomic E-state index is 11.2. The van der Waals surface area contributed by atoms with Gasteiger partial charge in [0.25, 0.3) is 5.56 Å². The summed E-state index contributed by atoms with van der Waals surface area (Å²) in [5.41, 5.74) is 6.79. The van der Waals surface area contributed by atoms with E-state index in [9.17, 15) is 4.79 Å². The van der Waals surface area contributed by atoms with Gasteiger partial charge in [0.2, 0.25) is 0 Å². The highest BCUT2D eigenvalue weighted by Gasteiger charge is 2.10. The molecule has 0 saturated heterocycles. The van der Waals surface area contributed by atoms with Gasteiger partial charge in [-0.25, -0.2) is 4.98 Å². The fourth-order valence-corrected chi connectivity index (χ4v) is 2.83. The predicted molar refractivity (Wildman–Crippen MR) is 75.7 cm³/mol. The summed E-state index contributed by atoms with van der Waals surface area (Å²) in [6, 6.07) is 7.18. The zero-order chi connectivity index (χ0) is 13.1. The Kier molecular flexibility index (Phi) is 4.21. The average molecular weight is 326 g/mol. The molecule has 0 radical (unpaired) electrons. The summed E-state index contributed by atoms with van der Waals surface area (Å²) < 4.78 is 0.980. The molecule has 3 N–H and O–H groups in total. The van der Waals surface area contributed by atoms with Gasteiger partial charge in [0.15, 0.2) is 5.16 Å². The molecule has 2 aromatic rings. The first-order valence-corrected chi connectivity index (χ1v) is 6.95. The molecule has 1 atom stereocenters. The van der Waals surface area contributed by atoms with Crippen molar-refractivity contribution in [1.82, 2.24) is 9.97 Å². The van der Waals surface area contributed by atoms with Crippen molar-refractivity contribution >= 4 is 27.7 Å². The lowest BCUT2D eigenvalue weighted by Crippen LogP contribution is -2.08. The first kappa shape index (κ1) is 13.3. The third-order valence-corrected chi connectivity index (χ3v) is 3.80. The minimum Gasteiger partial charge on any atom is -0.324 e. The van der Waals surface area contributed by atoms with Gasteiger partial charge in [-0.2, -0.15) is 0 Å². The highest BCUT2D eigenvalue weighted by molar-refractivity contribution is 9.10. The van der Waals surface area contributed by atoms with Crippen molar-refractivity contribution in [2.24, 2.45) is 5.73 Å². The van der Waals surface area contributed by atoms with Crippen LogP contribution in [-0.4, -0.2) is 9.97 Å². The van der Waals surface area contributed by atoms with Crippen LogP contribution in [-0.2, 0) is 0 Å². The quantitative estimate of drug-likeness (QED) is 0.851. The molecular formula is C12H12BrN3OS.